The molecule has 3 nitrogen and oxygen atoms in total. The molecule has 0 unspecified atom stereocenters. The molecule has 0 bridgehead atoms. The van der Waals surface area contributed by atoms with Crippen molar-refractivity contribution in [1.29, 1.82) is 0 Å². The van der Waals surface area contributed by atoms with E-state index < -0.39 is 0 Å². The molecule has 0 saturated heterocycles. The van der Waals surface area contributed by atoms with E-state index in [1.807, 2.05) is 109 Å². The van der Waals surface area contributed by atoms with Gasteiger partial charge in [0.2, 0.25) is 0 Å². The van der Waals surface area contributed by atoms with Gasteiger partial charge in [0.1, 0.15) is 23.0 Å². The van der Waals surface area contributed by atoms with Gasteiger partial charge in [-0.25, -0.2) is 0 Å². The van der Waals surface area contributed by atoms with Gasteiger partial charge >= 0.3 is 0 Å². The molecule has 4 rings (SSSR count). The lowest BCUT2D eigenvalue weighted by molar-refractivity contribution is -0.110. The highest BCUT2D eigenvalue weighted by molar-refractivity contribution is 6.04. The zero-order chi connectivity index (χ0) is 22.0. The highest BCUT2D eigenvalue weighted by atomic mass is 16.5. The number of carbonyl (C=O) groups excluding carboxylic acids is 1. The summed E-state index contributed by atoms with van der Waals surface area (Å²) >= 11 is 0. The summed E-state index contributed by atoms with van der Waals surface area (Å²) in [6.07, 6.45) is 6.64. The smallest absolute Gasteiger partial charge is 0.178 e. The summed E-state index contributed by atoms with van der Waals surface area (Å²) in [6, 6.07) is 34.4. The second kappa shape index (κ2) is 10.6. The van der Waals surface area contributed by atoms with E-state index in [0.29, 0.717) is 0 Å². The Bertz CT molecular complexity index is 1130. The molecule has 0 saturated carbocycles. The quantitative estimate of drug-likeness (QED) is 0.277. The minimum Gasteiger partial charge on any atom is -0.457 e. The molecule has 0 spiro atoms. The van der Waals surface area contributed by atoms with Crippen LogP contribution in [0.25, 0.3) is 12.2 Å². The molecule has 0 radical (unpaired) electrons. The lowest BCUT2D eigenvalue weighted by Crippen LogP contribution is -1.87. The van der Waals surface area contributed by atoms with Crippen LogP contribution in [0.5, 0.6) is 23.0 Å². The second-order valence-electron chi connectivity index (χ2n) is 7.04. The monoisotopic (exact) mass is 418 g/mol. The molecule has 0 aliphatic heterocycles. The Morgan fingerprint density at radius 2 is 0.906 bits per heavy atom. The maximum atomic E-state index is 12.3. The summed E-state index contributed by atoms with van der Waals surface area (Å²) < 4.78 is 11.7. The molecule has 0 heterocycles. The van der Waals surface area contributed by atoms with Gasteiger partial charge < -0.3 is 9.47 Å². The molecule has 0 aliphatic rings. The Hall–Kier alpha value is -4.37. The number of hydrogen-bond acceptors (Lipinski definition) is 3. The predicted molar refractivity (Wildman–Crippen MR) is 129 cm³/mol. The van der Waals surface area contributed by atoms with Gasteiger partial charge in [-0.1, -0.05) is 72.8 Å². The number of ketones is 1. The molecule has 32 heavy (non-hydrogen) atoms. The molecule has 0 aliphatic carbocycles. The number of benzene rings is 4. The molecule has 4 aromatic rings. The van der Waals surface area contributed by atoms with Gasteiger partial charge in [0.15, 0.2) is 5.78 Å². The van der Waals surface area contributed by atoms with E-state index in [9.17, 15) is 4.79 Å². The maximum Gasteiger partial charge on any atom is 0.178 e. The van der Waals surface area contributed by atoms with Crippen LogP contribution >= 0.6 is 0 Å². The summed E-state index contributed by atoms with van der Waals surface area (Å²) in [5.41, 5.74) is 1.77. The first-order valence-corrected chi connectivity index (χ1v) is 10.3. The molecule has 0 aromatic heterocycles. The van der Waals surface area contributed by atoms with Crippen molar-refractivity contribution in [1.82, 2.24) is 0 Å². The standard InChI is InChI=1S/C29H22O3/c30-25(19-17-23-9-7-15-28(21-23)31-26-11-3-1-4-12-26)20-18-24-10-8-16-29(22-24)32-27-13-5-2-6-14-27/h1-22H/b19-17+,20-18+. The van der Waals surface area contributed by atoms with Crippen LogP contribution in [0.4, 0.5) is 0 Å². The number of carbonyl (C=O) groups is 1. The van der Waals surface area contributed by atoms with Crippen LogP contribution in [0, 0.1) is 0 Å². The Kier molecular flexibility index (Phi) is 6.92. The van der Waals surface area contributed by atoms with E-state index in [2.05, 4.69) is 0 Å². The zero-order valence-electron chi connectivity index (χ0n) is 17.4. The number of para-hydroxylation sites is 2. The Labute approximate surface area is 187 Å². The predicted octanol–water partition coefficient (Wildman–Crippen LogP) is 7.57. The van der Waals surface area contributed by atoms with Crippen LogP contribution in [0.2, 0.25) is 0 Å². The maximum absolute atomic E-state index is 12.3. The minimum atomic E-state index is -0.103. The molecule has 0 amide bonds. The summed E-state index contributed by atoms with van der Waals surface area (Å²) in [4.78, 5) is 12.3. The van der Waals surface area contributed by atoms with Crippen molar-refractivity contribution in [3.8, 4) is 23.0 Å². The average molecular weight is 418 g/mol. The third-order valence-corrected chi connectivity index (χ3v) is 4.55. The van der Waals surface area contributed by atoms with E-state index in [1.54, 1.807) is 24.3 Å². The number of ether oxygens (including phenoxy) is 2. The van der Waals surface area contributed by atoms with Crippen LogP contribution in [-0.2, 0) is 4.79 Å². The first-order valence-electron chi connectivity index (χ1n) is 10.3. The van der Waals surface area contributed by atoms with E-state index in [4.69, 9.17) is 9.47 Å². The highest BCUT2D eigenvalue weighted by Crippen LogP contribution is 2.23. The van der Waals surface area contributed by atoms with Crippen molar-refractivity contribution >= 4 is 17.9 Å². The van der Waals surface area contributed by atoms with Crippen LogP contribution in [0.1, 0.15) is 11.1 Å². The number of rotatable bonds is 8. The van der Waals surface area contributed by atoms with Gasteiger partial charge in [0, 0.05) is 0 Å². The summed E-state index contributed by atoms with van der Waals surface area (Å²) in [5, 5.41) is 0. The number of allylic oxidation sites excluding steroid dienone is 2. The normalized spacial score (nSPS) is 11.0. The van der Waals surface area contributed by atoms with Crippen LogP contribution in [0.3, 0.4) is 0 Å². The highest BCUT2D eigenvalue weighted by Gasteiger charge is 1.99. The van der Waals surface area contributed by atoms with E-state index >= 15 is 0 Å². The summed E-state index contributed by atoms with van der Waals surface area (Å²) in [5.74, 6) is 2.87. The van der Waals surface area contributed by atoms with Crippen LogP contribution in [-0.4, -0.2) is 5.78 Å². The van der Waals surface area contributed by atoms with Gasteiger partial charge in [0.05, 0.1) is 0 Å². The molecule has 0 N–H and O–H groups in total. The Balaban J connectivity index is 1.37. The summed E-state index contributed by atoms with van der Waals surface area (Å²) in [6.45, 7) is 0. The van der Waals surface area contributed by atoms with Gasteiger partial charge in [-0.05, 0) is 71.8 Å². The van der Waals surface area contributed by atoms with Gasteiger partial charge in [-0.15, -0.1) is 0 Å². The Morgan fingerprint density at radius 3 is 1.34 bits per heavy atom. The van der Waals surface area contributed by atoms with Crippen molar-refractivity contribution in [2.75, 3.05) is 0 Å². The van der Waals surface area contributed by atoms with E-state index in [-0.39, 0.29) is 5.78 Å². The molecule has 156 valence electrons. The third kappa shape index (κ3) is 6.31. The fraction of sp³-hybridized carbons (Fsp3) is 0. The fourth-order valence-corrected chi connectivity index (χ4v) is 3.02. The molecular formula is C29H22O3. The fourth-order valence-electron chi connectivity index (χ4n) is 3.02. The molecule has 4 aromatic carbocycles. The van der Waals surface area contributed by atoms with Crippen molar-refractivity contribution in [3.05, 3.63) is 132 Å². The van der Waals surface area contributed by atoms with Crippen molar-refractivity contribution < 1.29 is 14.3 Å². The van der Waals surface area contributed by atoms with Crippen LogP contribution < -0.4 is 9.47 Å². The third-order valence-electron chi connectivity index (χ3n) is 4.55. The van der Waals surface area contributed by atoms with Crippen LogP contribution in [0.15, 0.2) is 121 Å². The summed E-state index contributed by atoms with van der Waals surface area (Å²) in [7, 11) is 0. The van der Waals surface area contributed by atoms with Crippen molar-refractivity contribution in [2.24, 2.45) is 0 Å². The van der Waals surface area contributed by atoms with Crippen molar-refractivity contribution in [2.45, 2.75) is 0 Å². The molecule has 0 atom stereocenters. The SMILES string of the molecule is O=C(/C=C/c1cccc(Oc2ccccc2)c1)/C=C/c1cccc(Oc2ccccc2)c1. The largest absolute Gasteiger partial charge is 0.457 e. The Morgan fingerprint density at radius 1 is 0.500 bits per heavy atom. The van der Waals surface area contributed by atoms with E-state index in [1.165, 1.54) is 0 Å². The molecule has 0 fully saturated rings. The van der Waals surface area contributed by atoms with Gasteiger partial charge in [-0.3, -0.25) is 4.79 Å². The lowest BCUT2D eigenvalue weighted by Gasteiger charge is -2.06. The van der Waals surface area contributed by atoms with Gasteiger partial charge in [-0.2, -0.15) is 0 Å². The van der Waals surface area contributed by atoms with Gasteiger partial charge in [0.25, 0.3) is 0 Å². The zero-order valence-corrected chi connectivity index (χ0v) is 17.4. The minimum absolute atomic E-state index is 0.103. The topological polar surface area (TPSA) is 35.5 Å². The van der Waals surface area contributed by atoms with Crippen molar-refractivity contribution in [3.63, 3.8) is 0 Å². The second-order valence-corrected chi connectivity index (χ2v) is 7.04. The average Bonchev–Trinajstić information content (AvgIpc) is 2.83. The number of hydrogen-bond donors (Lipinski definition) is 0. The molecule has 3 heteroatoms. The molecular weight excluding hydrogens is 396 g/mol. The first-order chi connectivity index (χ1) is 15.7. The lowest BCUT2D eigenvalue weighted by atomic mass is 10.1. The first kappa shape index (κ1) is 20.9. The van der Waals surface area contributed by atoms with E-state index in [0.717, 1.165) is 34.1 Å².